The number of anilines is 2. The first-order valence-corrected chi connectivity index (χ1v) is 11.4. The van der Waals surface area contributed by atoms with Crippen LogP contribution in [0, 0.1) is 11.3 Å². The van der Waals surface area contributed by atoms with Gasteiger partial charge in [0.1, 0.15) is 17.4 Å². The van der Waals surface area contributed by atoms with Crippen LogP contribution in [-0.4, -0.2) is 35.0 Å². The number of benzene rings is 2. The van der Waals surface area contributed by atoms with Gasteiger partial charge in [-0.25, -0.2) is 9.97 Å². The van der Waals surface area contributed by atoms with E-state index in [2.05, 4.69) is 21.4 Å². The van der Waals surface area contributed by atoms with Crippen LogP contribution in [0.3, 0.4) is 0 Å². The molecule has 1 amide bonds. The lowest BCUT2D eigenvalue weighted by atomic mass is 10.2. The number of nitriles is 1. The highest BCUT2D eigenvalue weighted by Crippen LogP contribution is 2.25. The average molecular weight is 472 g/mol. The molecule has 0 radical (unpaired) electrons. The molecule has 170 valence electrons. The quantitative estimate of drug-likeness (QED) is 0.380. The third-order valence-corrected chi connectivity index (χ3v) is 5.94. The third-order valence-electron chi connectivity index (χ3n) is 4.90. The molecular formula is C25H21N5O3S. The number of carbonyl (C=O) groups excluding carboxylic acids is 2. The Morgan fingerprint density at radius 2 is 1.97 bits per heavy atom. The number of rotatable bonds is 8. The molecule has 8 nitrogen and oxygen atoms in total. The highest BCUT2D eigenvalue weighted by Gasteiger charge is 2.23. The maximum absolute atomic E-state index is 13.3. The molecule has 2 heterocycles. The fourth-order valence-corrected chi connectivity index (χ4v) is 4.17. The van der Waals surface area contributed by atoms with Gasteiger partial charge in [-0.15, -0.1) is 11.3 Å². The summed E-state index contributed by atoms with van der Waals surface area (Å²) in [4.78, 5) is 35.6. The van der Waals surface area contributed by atoms with Crippen LogP contribution in [0.5, 0.6) is 0 Å². The average Bonchev–Trinajstić information content (AvgIpc) is 3.29. The molecule has 0 unspecified atom stereocenters. The second kappa shape index (κ2) is 10.6. The summed E-state index contributed by atoms with van der Waals surface area (Å²) in [5, 5.41) is 13.1. The highest BCUT2D eigenvalue weighted by atomic mass is 32.1. The van der Waals surface area contributed by atoms with Crippen LogP contribution in [-0.2, 0) is 16.1 Å². The van der Waals surface area contributed by atoms with E-state index in [4.69, 9.17) is 10.00 Å². The van der Waals surface area contributed by atoms with Gasteiger partial charge < -0.3 is 10.1 Å². The molecule has 0 saturated heterocycles. The lowest BCUT2D eigenvalue weighted by Crippen LogP contribution is -2.37. The summed E-state index contributed by atoms with van der Waals surface area (Å²) in [6.07, 6.45) is 1.57. The van der Waals surface area contributed by atoms with E-state index in [1.807, 2.05) is 18.2 Å². The lowest BCUT2D eigenvalue weighted by Gasteiger charge is -2.20. The molecule has 0 fully saturated rings. The Balaban J connectivity index is 1.53. The summed E-state index contributed by atoms with van der Waals surface area (Å²) < 4.78 is 5.98. The first kappa shape index (κ1) is 22.9. The molecule has 0 aliphatic carbocycles. The Hall–Kier alpha value is -4.29. The summed E-state index contributed by atoms with van der Waals surface area (Å²) >= 11 is 1.53. The van der Waals surface area contributed by atoms with Crippen LogP contribution < -0.4 is 10.2 Å². The largest absolute Gasteiger partial charge is 0.465 e. The van der Waals surface area contributed by atoms with Crippen LogP contribution in [0.25, 0.3) is 10.2 Å². The number of aromatic nitrogens is 2. The molecule has 4 rings (SSSR count). The number of nitrogens with one attached hydrogen (secondary N) is 1. The van der Waals surface area contributed by atoms with Gasteiger partial charge in [-0.05, 0) is 61.5 Å². The van der Waals surface area contributed by atoms with Crippen molar-refractivity contribution in [2.75, 3.05) is 23.4 Å². The number of esters is 1. The molecule has 0 spiro atoms. The maximum Gasteiger partial charge on any atom is 0.326 e. The van der Waals surface area contributed by atoms with E-state index in [1.54, 1.807) is 55.6 Å². The molecule has 0 aliphatic heterocycles. The minimum atomic E-state index is -0.507. The van der Waals surface area contributed by atoms with E-state index in [0.717, 1.165) is 15.4 Å². The van der Waals surface area contributed by atoms with Crippen LogP contribution in [0.1, 0.15) is 27.9 Å². The van der Waals surface area contributed by atoms with Gasteiger partial charge in [0, 0.05) is 17.4 Å². The fourth-order valence-electron chi connectivity index (χ4n) is 3.29. The van der Waals surface area contributed by atoms with Crippen molar-refractivity contribution in [3.8, 4) is 6.07 Å². The number of hydrogen-bond donors (Lipinski definition) is 1. The molecule has 9 heteroatoms. The second-order valence-electron chi connectivity index (χ2n) is 7.22. The van der Waals surface area contributed by atoms with Crippen LogP contribution in [0.15, 0.2) is 66.9 Å². The van der Waals surface area contributed by atoms with Gasteiger partial charge in [-0.3, -0.25) is 14.5 Å². The predicted octanol–water partition coefficient (Wildman–Crippen LogP) is 4.38. The number of fused-ring (bicyclic) bond motifs is 1. The summed E-state index contributed by atoms with van der Waals surface area (Å²) in [5.41, 5.74) is 2.59. The predicted molar refractivity (Wildman–Crippen MR) is 131 cm³/mol. The summed E-state index contributed by atoms with van der Waals surface area (Å²) in [6, 6.07) is 19.8. The van der Waals surface area contributed by atoms with E-state index in [1.165, 1.54) is 16.2 Å². The SMILES string of the molecule is CCOC(=O)CN(C(=O)c1ccc2sc(CNc3ccc(C#N)cc3)nc2c1)c1ccccn1. The summed E-state index contributed by atoms with van der Waals surface area (Å²) in [5.74, 6) is -0.502. The van der Waals surface area contributed by atoms with E-state index >= 15 is 0 Å². The first-order valence-electron chi connectivity index (χ1n) is 10.6. The maximum atomic E-state index is 13.3. The lowest BCUT2D eigenvalue weighted by molar-refractivity contribution is -0.141. The van der Waals surface area contributed by atoms with Crippen molar-refractivity contribution < 1.29 is 14.3 Å². The minimum absolute atomic E-state index is 0.229. The van der Waals surface area contributed by atoms with Crippen molar-refractivity contribution in [3.63, 3.8) is 0 Å². The number of ether oxygens (including phenoxy) is 1. The molecule has 2 aromatic carbocycles. The number of carbonyl (C=O) groups is 2. The number of hydrogen-bond acceptors (Lipinski definition) is 8. The summed E-state index contributed by atoms with van der Waals surface area (Å²) in [7, 11) is 0. The highest BCUT2D eigenvalue weighted by molar-refractivity contribution is 7.18. The second-order valence-corrected chi connectivity index (χ2v) is 8.33. The first-order chi connectivity index (χ1) is 16.6. The molecule has 0 bridgehead atoms. The van der Waals surface area contributed by atoms with Gasteiger partial charge in [0.2, 0.25) is 0 Å². The standard InChI is InChI=1S/C25H21N5O3S/c1-2-33-24(31)16-30(22-5-3-4-12-27-22)25(32)18-8-11-21-20(13-18)29-23(34-21)15-28-19-9-6-17(14-26)7-10-19/h3-13,28H,2,15-16H2,1H3. The molecule has 1 N–H and O–H groups in total. The number of nitrogens with zero attached hydrogens (tertiary/aromatic N) is 4. The number of thiazole rings is 1. The normalized spacial score (nSPS) is 10.5. The zero-order valence-electron chi connectivity index (χ0n) is 18.4. The van der Waals surface area contributed by atoms with Gasteiger partial charge in [0.05, 0.1) is 35.0 Å². The molecule has 0 atom stereocenters. The van der Waals surface area contributed by atoms with E-state index in [9.17, 15) is 9.59 Å². The molecule has 4 aromatic rings. The van der Waals surface area contributed by atoms with Gasteiger partial charge in [0.15, 0.2) is 0 Å². The molecular weight excluding hydrogens is 450 g/mol. The topological polar surface area (TPSA) is 108 Å². The Kier molecular flexibility index (Phi) is 7.10. The summed E-state index contributed by atoms with van der Waals surface area (Å²) in [6.45, 7) is 2.22. The molecule has 34 heavy (non-hydrogen) atoms. The van der Waals surface area contributed by atoms with Crippen LogP contribution >= 0.6 is 11.3 Å². The number of amides is 1. The van der Waals surface area contributed by atoms with Gasteiger partial charge in [-0.1, -0.05) is 6.07 Å². The van der Waals surface area contributed by atoms with Crippen molar-refractivity contribution >= 4 is 44.9 Å². The van der Waals surface area contributed by atoms with Gasteiger partial charge >= 0.3 is 5.97 Å². The van der Waals surface area contributed by atoms with Crippen molar-refractivity contribution in [1.82, 2.24) is 9.97 Å². The minimum Gasteiger partial charge on any atom is -0.465 e. The van der Waals surface area contributed by atoms with Crippen LogP contribution in [0.2, 0.25) is 0 Å². The van der Waals surface area contributed by atoms with E-state index in [0.29, 0.717) is 29.0 Å². The van der Waals surface area contributed by atoms with Gasteiger partial charge in [-0.2, -0.15) is 5.26 Å². The molecule has 0 aliphatic rings. The van der Waals surface area contributed by atoms with Crippen molar-refractivity contribution in [2.45, 2.75) is 13.5 Å². The van der Waals surface area contributed by atoms with E-state index in [-0.39, 0.29) is 19.1 Å². The zero-order valence-corrected chi connectivity index (χ0v) is 19.2. The third kappa shape index (κ3) is 5.36. The smallest absolute Gasteiger partial charge is 0.326 e. The van der Waals surface area contributed by atoms with Gasteiger partial charge in [0.25, 0.3) is 5.91 Å². The van der Waals surface area contributed by atoms with E-state index < -0.39 is 5.97 Å². The van der Waals surface area contributed by atoms with Crippen molar-refractivity contribution in [3.05, 3.63) is 83.0 Å². The Labute approximate surface area is 200 Å². The zero-order chi connectivity index (χ0) is 23.9. The number of pyridine rings is 1. The Morgan fingerprint density at radius 3 is 2.68 bits per heavy atom. The van der Waals surface area contributed by atoms with Crippen molar-refractivity contribution in [1.29, 1.82) is 5.26 Å². The van der Waals surface area contributed by atoms with Crippen molar-refractivity contribution in [2.24, 2.45) is 0 Å². The fraction of sp³-hybridized carbons (Fsp3) is 0.160. The molecule has 2 aromatic heterocycles. The Bertz CT molecular complexity index is 1350. The molecule has 0 saturated carbocycles. The monoisotopic (exact) mass is 471 g/mol. The van der Waals surface area contributed by atoms with Crippen LogP contribution in [0.4, 0.5) is 11.5 Å². The Morgan fingerprint density at radius 1 is 1.15 bits per heavy atom.